The fourth-order valence-corrected chi connectivity index (χ4v) is 8.70. The number of likely N-dealkylation sites (tertiary alicyclic amines) is 1. The molecule has 0 radical (unpaired) electrons. The third kappa shape index (κ3) is 3.66. The highest BCUT2D eigenvalue weighted by Gasteiger charge is 2.77. The van der Waals surface area contributed by atoms with Crippen LogP contribution in [-0.2, 0) is 25.6 Å². The number of nitrogens with zero attached hydrogens (tertiary/aromatic N) is 2. The van der Waals surface area contributed by atoms with Gasteiger partial charge in [0, 0.05) is 24.4 Å². The van der Waals surface area contributed by atoms with Crippen molar-refractivity contribution in [2.24, 2.45) is 23.7 Å². The lowest BCUT2D eigenvalue weighted by Gasteiger charge is -2.51. The van der Waals surface area contributed by atoms with Crippen LogP contribution in [0.2, 0.25) is 0 Å². The van der Waals surface area contributed by atoms with Crippen molar-refractivity contribution in [3.63, 3.8) is 0 Å². The monoisotopic (exact) mass is 682 g/mol. The van der Waals surface area contributed by atoms with Gasteiger partial charge in [0.15, 0.2) is 33.0 Å². The Morgan fingerprint density at radius 2 is 1.59 bits per heavy atom. The molecule has 46 heavy (non-hydrogen) atoms. The van der Waals surface area contributed by atoms with Crippen LogP contribution in [0, 0.1) is 52.8 Å². The summed E-state index contributed by atoms with van der Waals surface area (Å²) in [4.78, 5) is 50.8. The summed E-state index contributed by atoms with van der Waals surface area (Å²) in [6, 6.07) is 4.23. The molecular weight excluding hydrogens is 662 g/mol. The van der Waals surface area contributed by atoms with Crippen LogP contribution in [0.25, 0.3) is 0 Å². The summed E-state index contributed by atoms with van der Waals surface area (Å²) in [5.74, 6) is -20.4. The summed E-state index contributed by atoms with van der Waals surface area (Å²) in [5, 5.41) is 10.1. The largest absolute Gasteiger partial charge is 0.508 e. The maximum absolute atomic E-state index is 15.1. The van der Waals surface area contributed by atoms with Gasteiger partial charge in [-0.05, 0) is 49.5 Å². The number of phenolic OH excluding ortho intramolecular Hbond substituents is 1. The Balaban J connectivity index is 1.44. The number of anilines is 1. The maximum atomic E-state index is 15.1. The van der Waals surface area contributed by atoms with Gasteiger partial charge in [-0.15, -0.1) is 23.2 Å². The molecular formula is C31H21Cl2F5N2O6. The minimum Gasteiger partial charge on any atom is -0.508 e. The van der Waals surface area contributed by atoms with Crippen LogP contribution in [0.15, 0.2) is 41.7 Å². The van der Waals surface area contributed by atoms with Crippen molar-refractivity contribution < 1.29 is 51.0 Å². The quantitative estimate of drug-likeness (QED) is 0.122. The number of allylic oxidation sites excluding steroid dienone is 3. The molecule has 3 aliphatic heterocycles. The number of benzene rings is 2. The predicted octanol–water partition coefficient (Wildman–Crippen LogP) is 5.02. The number of amides is 4. The van der Waals surface area contributed by atoms with E-state index < -0.39 is 98.2 Å². The number of rotatable bonds is 3. The Hall–Kier alpha value is -3.97. The van der Waals surface area contributed by atoms with Crippen molar-refractivity contribution in [2.45, 2.75) is 35.9 Å². The van der Waals surface area contributed by atoms with Crippen LogP contribution in [-0.4, -0.2) is 49.9 Å². The van der Waals surface area contributed by atoms with E-state index in [4.69, 9.17) is 27.9 Å². The Kier molecular flexibility index (Phi) is 6.68. The lowest BCUT2D eigenvalue weighted by Crippen LogP contribution is -2.61. The number of ether oxygens (including phenoxy) is 1. The van der Waals surface area contributed by atoms with Gasteiger partial charge >= 0.3 is 0 Å². The fraction of sp³-hybridized carbons (Fsp3) is 0.355. The highest BCUT2D eigenvalue weighted by atomic mass is 35.5. The summed E-state index contributed by atoms with van der Waals surface area (Å²) in [6.07, 6.45) is 2.26. The first-order chi connectivity index (χ1) is 21.7. The van der Waals surface area contributed by atoms with E-state index in [-0.39, 0.29) is 35.6 Å². The molecule has 1 saturated carbocycles. The normalized spacial score (nSPS) is 31.7. The molecule has 2 aromatic rings. The molecule has 2 aliphatic carbocycles. The summed E-state index contributed by atoms with van der Waals surface area (Å²) >= 11 is 14.2. The van der Waals surface area contributed by atoms with E-state index in [0.29, 0.717) is 16.9 Å². The van der Waals surface area contributed by atoms with E-state index in [2.05, 4.69) is 0 Å². The van der Waals surface area contributed by atoms with Crippen LogP contribution in [0.1, 0.15) is 25.3 Å². The number of imide groups is 2. The summed E-state index contributed by atoms with van der Waals surface area (Å²) in [5.41, 5.74) is -0.891. The summed E-state index contributed by atoms with van der Waals surface area (Å²) < 4.78 is 78.7. The number of halogens is 7. The second kappa shape index (κ2) is 10.0. The highest BCUT2D eigenvalue weighted by Crippen LogP contribution is 2.65. The van der Waals surface area contributed by atoms with Gasteiger partial charge in [-0.25, -0.2) is 26.9 Å². The van der Waals surface area contributed by atoms with E-state index in [0.717, 1.165) is 4.90 Å². The molecule has 0 unspecified atom stereocenters. The number of fused-ring (bicyclic) bond motifs is 5. The minimum absolute atomic E-state index is 0.0470. The van der Waals surface area contributed by atoms with E-state index in [9.17, 15) is 37.5 Å². The molecule has 0 bridgehead atoms. The molecule has 1 N–H and O–H groups in total. The first kappa shape index (κ1) is 30.7. The van der Waals surface area contributed by atoms with E-state index in [1.807, 2.05) is 0 Å². The number of carbonyl (C=O) groups is 4. The number of hydrogen-bond donors (Lipinski definition) is 1. The second-order valence-corrected chi connectivity index (χ2v) is 13.1. The van der Waals surface area contributed by atoms with Gasteiger partial charge in [0.25, 0.3) is 11.8 Å². The van der Waals surface area contributed by atoms with Crippen molar-refractivity contribution in [2.75, 3.05) is 11.4 Å². The molecule has 240 valence electrons. The fourth-order valence-electron chi connectivity index (χ4n) is 7.75. The molecule has 8 nitrogen and oxygen atoms in total. The average Bonchev–Trinajstić information content (AvgIpc) is 3.36. The number of aromatic hydroxyl groups is 1. The molecule has 6 atom stereocenters. The number of alkyl halides is 2. The molecule has 3 fully saturated rings. The van der Waals surface area contributed by atoms with Crippen molar-refractivity contribution in [3.8, 4) is 11.5 Å². The average molecular weight is 683 g/mol. The molecule has 4 amide bonds. The second-order valence-electron chi connectivity index (χ2n) is 11.9. The van der Waals surface area contributed by atoms with E-state index >= 15 is 8.78 Å². The standard InChI is InChI=1S/C31H21Cl2F5N2O6/c1-2-39-26(42)15-5-4-14-16(18(15)27(39)43)9-30(32)28(44)40(25-23(37)21(35)20(34)22(36)24(25)38)29(45)31(30,33)19(14)12-7-11-8-13(41)3-6-17(11)46-10-12/h3-4,6,8,10,15-16,18-19,41H,2,5,7,9H2,1H3/t15-,16+,18-,19-,30+,31-/m0/s1. The van der Waals surface area contributed by atoms with Crippen LogP contribution in [0.4, 0.5) is 27.6 Å². The number of phenols is 1. The molecule has 2 saturated heterocycles. The molecule has 3 heterocycles. The highest BCUT2D eigenvalue weighted by molar-refractivity contribution is 6.58. The molecule has 0 spiro atoms. The third-order valence-electron chi connectivity index (χ3n) is 9.78. The van der Waals surface area contributed by atoms with E-state index in [1.165, 1.54) is 24.5 Å². The van der Waals surface area contributed by atoms with Crippen LogP contribution < -0.4 is 9.64 Å². The summed E-state index contributed by atoms with van der Waals surface area (Å²) in [6.45, 7) is 1.67. The molecule has 0 aromatic heterocycles. The zero-order chi connectivity index (χ0) is 33.2. The van der Waals surface area contributed by atoms with Gasteiger partial charge in [0.1, 0.15) is 17.2 Å². The smallest absolute Gasteiger partial charge is 0.258 e. The molecule has 5 aliphatic rings. The zero-order valence-corrected chi connectivity index (χ0v) is 25.1. The van der Waals surface area contributed by atoms with Crippen LogP contribution in [0.3, 0.4) is 0 Å². The molecule has 7 rings (SSSR count). The molecule has 15 heteroatoms. The van der Waals surface area contributed by atoms with Gasteiger partial charge < -0.3 is 9.84 Å². The summed E-state index contributed by atoms with van der Waals surface area (Å²) in [7, 11) is 0. The van der Waals surface area contributed by atoms with Crippen LogP contribution in [0.5, 0.6) is 11.5 Å². The zero-order valence-electron chi connectivity index (χ0n) is 23.6. The Bertz CT molecular complexity index is 1860. The topological polar surface area (TPSA) is 104 Å². The van der Waals surface area contributed by atoms with Gasteiger partial charge in [0.2, 0.25) is 17.6 Å². The lowest BCUT2D eigenvalue weighted by molar-refractivity contribution is -0.140. The maximum Gasteiger partial charge on any atom is 0.258 e. The predicted molar refractivity (Wildman–Crippen MR) is 150 cm³/mol. The lowest BCUT2D eigenvalue weighted by atomic mass is 9.56. The Morgan fingerprint density at radius 3 is 2.24 bits per heavy atom. The SMILES string of the molecule is CCN1C(=O)[C@H]2[C@H](CC=C3[C@H](C4=COc5ccc(O)cc5C4)[C@]4(Cl)C(=O)N(c5c(F)c(F)c(F)c(F)c5F)C(=O)[C@]4(Cl)C[C@H]32)C1=O. The van der Waals surface area contributed by atoms with Gasteiger partial charge in [-0.1, -0.05) is 11.6 Å². The van der Waals surface area contributed by atoms with E-state index in [1.54, 1.807) is 13.0 Å². The van der Waals surface area contributed by atoms with Crippen molar-refractivity contribution in [1.82, 2.24) is 4.90 Å². The van der Waals surface area contributed by atoms with Gasteiger partial charge in [-0.3, -0.25) is 24.1 Å². The number of carbonyl (C=O) groups excluding carboxylic acids is 4. The Morgan fingerprint density at radius 1 is 0.935 bits per heavy atom. The Labute approximate surface area is 267 Å². The molecule has 2 aromatic carbocycles. The van der Waals surface area contributed by atoms with Gasteiger partial charge in [0.05, 0.1) is 18.1 Å². The van der Waals surface area contributed by atoms with Crippen molar-refractivity contribution in [3.05, 3.63) is 76.3 Å². The van der Waals surface area contributed by atoms with Crippen LogP contribution >= 0.6 is 23.2 Å². The first-order valence-electron chi connectivity index (χ1n) is 14.2. The van der Waals surface area contributed by atoms with Crippen molar-refractivity contribution in [1.29, 1.82) is 0 Å². The third-order valence-corrected chi connectivity index (χ3v) is 11.2. The first-order valence-corrected chi connectivity index (χ1v) is 14.9. The van der Waals surface area contributed by atoms with Gasteiger partial charge in [-0.2, -0.15) is 0 Å². The minimum atomic E-state index is -2.64. The number of hydrogen-bond acceptors (Lipinski definition) is 6. The van der Waals surface area contributed by atoms with Crippen molar-refractivity contribution >= 4 is 52.5 Å².